The number of aromatic nitrogens is 2. The van der Waals surface area contributed by atoms with Gasteiger partial charge in [-0.1, -0.05) is 0 Å². The van der Waals surface area contributed by atoms with Crippen LogP contribution in [0.1, 0.15) is 19.7 Å². The third-order valence-corrected chi connectivity index (χ3v) is 1.39. The van der Waals surface area contributed by atoms with Gasteiger partial charge in [-0.3, -0.25) is 0 Å². The number of rotatable bonds is 1. The van der Waals surface area contributed by atoms with Gasteiger partial charge in [-0.25, -0.2) is 4.98 Å². The van der Waals surface area contributed by atoms with E-state index in [0.717, 1.165) is 0 Å². The maximum atomic E-state index is 5.80. The van der Waals surface area contributed by atoms with Crippen molar-refractivity contribution in [3.63, 3.8) is 0 Å². The molecule has 0 bridgehead atoms. The topological polar surface area (TPSA) is 43.8 Å². The summed E-state index contributed by atoms with van der Waals surface area (Å²) in [7, 11) is 0. The van der Waals surface area contributed by atoms with Crippen molar-refractivity contribution in [3.8, 4) is 12.3 Å². The maximum Gasteiger partial charge on any atom is 0.186 e. The lowest BCUT2D eigenvalue weighted by atomic mass is 10.2. The lowest BCUT2D eigenvalue weighted by Gasteiger charge is -2.21. The first-order valence-corrected chi connectivity index (χ1v) is 3.35. The highest BCUT2D eigenvalue weighted by Gasteiger charge is 2.15. The fourth-order valence-corrected chi connectivity index (χ4v) is 0.875. The van der Waals surface area contributed by atoms with E-state index in [1.165, 1.54) is 0 Å². The van der Waals surface area contributed by atoms with Crippen molar-refractivity contribution >= 4 is 0 Å². The van der Waals surface area contributed by atoms with E-state index >= 15 is 0 Å². The lowest BCUT2D eigenvalue weighted by molar-refractivity contribution is 0.368. The molecule has 0 atom stereocenters. The van der Waals surface area contributed by atoms with Gasteiger partial charge in [-0.05, 0) is 19.8 Å². The Labute approximate surface area is 66.2 Å². The van der Waals surface area contributed by atoms with Gasteiger partial charge in [0.2, 0.25) is 0 Å². The first-order valence-electron chi connectivity index (χ1n) is 3.35. The normalized spacial score (nSPS) is 11.1. The summed E-state index contributed by atoms with van der Waals surface area (Å²) >= 11 is 0. The van der Waals surface area contributed by atoms with Crippen LogP contribution >= 0.6 is 0 Å². The molecule has 0 aliphatic rings. The first kappa shape index (κ1) is 7.83. The summed E-state index contributed by atoms with van der Waals surface area (Å²) < 4.78 is 1.76. The largest absolute Gasteiger partial charge is 0.309 e. The molecular formula is C8H11N3. The minimum Gasteiger partial charge on any atom is -0.309 e. The Kier molecular flexibility index (Phi) is 1.71. The molecule has 0 saturated heterocycles. The van der Waals surface area contributed by atoms with Crippen LogP contribution in [0.3, 0.4) is 0 Å². The number of nitrogens with zero attached hydrogens (tertiary/aromatic N) is 2. The predicted octanol–water partition coefficient (Wildman–Crippen LogP) is 0.516. The second kappa shape index (κ2) is 2.40. The molecule has 0 amide bonds. The zero-order valence-corrected chi connectivity index (χ0v) is 6.70. The molecule has 0 unspecified atom stereocenters. The molecule has 1 heterocycles. The van der Waals surface area contributed by atoms with Gasteiger partial charge in [0.15, 0.2) is 5.82 Å². The molecule has 1 rings (SSSR count). The van der Waals surface area contributed by atoms with E-state index in [2.05, 4.69) is 10.9 Å². The van der Waals surface area contributed by atoms with Crippen molar-refractivity contribution in [1.29, 1.82) is 0 Å². The van der Waals surface area contributed by atoms with E-state index in [-0.39, 0.29) is 0 Å². The molecule has 58 valence electrons. The minimum absolute atomic E-state index is 0.474. The van der Waals surface area contributed by atoms with Crippen LogP contribution in [0.25, 0.3) is 0 Å². The van der Waals surface area contributed by atoms with Crippen LogP contribution in [0.15, 0.2) is 12.4 Å². The van der Waals surface area contributed by atoms with E-state index in [0.29, 0.717) is 5.82 Å². The number of terminal acetylenes is 1. The van der Waals surface area contributed by atoms with Crippen LogP contribution in [0, 0.1) is 12.3 Å². The second-order valence-electron chi connectivity index (χ2n) is 2.92. The summed E-state index contributed by atoms with van der Waals surface area (Å²) in [6, 6.07) is 0. The third-order valence-electron chi connectivity index (χ3n) is 1.39. The highest BCUT2D eigenvalue weighted by Crippen LogP contribution is 2.08. The maximum absolute atomic E-state index is 5.80. The van der Waals surface area contributed by atoms with Crippen LogP contribution in [-0.4, -0.2) is 9.55 Å². The summed E-state index contributed by atoms with van der Waals surface area (Å²) in [5.41, 5.74) is 5.33. The van der Waals surface area contributed by atoms with Gasteiger partial charge in [-0.15, -0.1) is 6.42 Å². The Hall–Kier alpha value is -1.27. The molecule has 0 radical (unpaired) electrons. The average Bonchev–Trinajstić information content (AvgIpc) is 2.31. The summed E-state index contributed by atoms with van der Waals surface area (Å²) in [6.45, 7) is 3.74. The zero-order valence-electron chi connectivity index (χ0n) is 6.70. The van der Waals surface area contributed by atoms with Crippen LogP contribution in [0.2, 0.25) is 0 Å². The molecule has 11 heavy (non-hydrogen) atoms. The van der Waals surface area contributed by atoms with Crippen molar-refractivity contribution < 1.29 is 0 Å². The van der Waals surface area contributed by atoms with Gasteiger partial charge in [0, 0.05) is 12.4 Å². The van der Waals surface area contributed by atoms with Gasteiger partial charge in [-0.2, -0.15) is 0 Å². The Morgan fingerprint density at radius 1 is 1.73 bits per heavy atom. The highest BCUT2D eigenvalue weighted by atomic mass is 15.2. The molecule has 3 heteroatoms. The number of nitrogens with two attached hydrogens (primary N) is 1. The fraction of sp³-hybridized carbons (Fsp3) is 0.375. The molecule has 0 aliphatic heterocycles. The monoisotopic (exact) mass is 149 g/mol. The minimum atomic E-state index is -0.474. The molecular weight excluding hydrogens is 138 g/mol. The Balaban J connectivity index is 3.15. The highest BCUT2D eigenvalue weighted by molar-refractivity contribution is 5.18. The standard InChI is InChI=1S/C8H11N3/c1-4-7-10-5-6-11(7)8(2,3)9/h1,5-6H,9H2,2-3H3. The summed E-state index contributed by atoms with van der Waals surface area (Å²) in [4.78, 5) is 3.95. The van der Waals surface area contributed by atoms with E-state index in [1.807, 2.05) is 13.8 Å². The molecule has 0 saturated carbocycles. The van der Waals surface area contributed by atoms with Crippen LogP contribution in [0.5, 0.6) is 0 Å². The average molecular weight is 149 g/mol. The van der Waals surface area contributed by atoms with Crippen molar-refractivity contribution in [3.05, 3.63) is 18.2 Å². The quantitative estimate of drug-likeness (QED) is 0.591. The van der Waals surface area contributed by atoms with Crippen LogP contribution in [0.4, 0.5) is 0 Å². The third kappa shape index (κ3) is 1.41. The van der Waals surface area contributed by atoms with Crippen molar-refractivity contribution in [1.82, 2.24) is 9.55 Å². The van der Waals surface area contributed by atoms with E-state index in [9.17, 15) is 0 Å². The summed E-state index contributed by atoms with van der Waals surface area (Å²) in [5, 5.41) is 0. The van der Waals surface area contributed by atoms with E-state index < -0.39 is 5.66 Å². The van der Waals surface area contributed by atoms with Gasteiger partial charge in [0.1, 0.15) is 0 Å². The molecule has 2 N–H and O–H groups in total. The van der Waals surface area contributed by atoms with Gasteiger partial charge < -0.3 is 10.3 Å². The van der Waals surface area contributed by atoms with E-state index in [4.69, 9.17) is 12.2 Å². The van der Waals surface area contributed by atoms with Crippen molar-refractivity contribution in [2.75, 3.05) is 0 Å². The van der Waals surface area contributed by atoms with Crippen molar-refractivity contribution in [2.24, 2.45) is 5.73 Å². The number of hydrogen-bond donors (Lipinski definition) is 1. The number of imidazole rings is 1. The van der Waals surface area contributed by atoms with Crippen molar-refractivity contribution in [2.45, 2.75) is 19.5 Å². The SMILES string of the molecule is C#Cc1nccn1C(C)(C)N. The zero-order chi connectivity index (χ0) is 8.48. The smallest absolute Gasteiger partial charge is 0.186 e. The first-order chi connectivity index (χ1) is 5.05. The van der Waals surface area contributed by atoms with E-state index in [1.54, 1.807) is 17.0 Å². The Bertz CT molecular complexity index is 285. The number of hydrogen-bond acceptors (Lipinski definition) is 2. The van der Waals surface area contributed by atoms with Crippen LogP contribution < -0.4 is 5.73 Å². The molecule has 1 aromatic rings. The summed E-state index contributed by atoms with van der Waals surface area (Å²) in [6.07, 6.45) is 8.62. The van der Waals surface area contributed by atoms with Gasteiger partial charge >= 0.3 is 0 Å². The molecule has 3 nitrogen and oxygen atoms in total. The van der Waals surface area contributed by atoms with Crippen LogP contribution in [-0.2, 0) is 5.66 Å². The second-order valence-corrected chi connectivity index (χ2v) is 2.92. The molecule has 0 aromatic carbocycles. The fourth-order valence-electron chi connectivity index (χ4n) is 0.875. The lowest BCUT2D eigenvalue weighted by Crippen LogP contribution is -2.36. The molecule has 0 fully saturated rings. The predicted molar refractivity (Wildman–Crippen MR) is 43.7 cm³/mol. The summed E-state index contributed by atoms with van der Waals surface area (Å²) in [5.74, 6) is 3.02. The van der Waals surface area contributed by atoms with Gasteiger partial charge in [0.05, 0.1) is 5.66 Å². The molecule has 0 aliphatic carbocycles. The van der Waals surface area contributed by atoms with Gasteiger partial charge in [0.25, 0.3) is 0 Å². The Morgan fingerprint density at radius 2 is 2.36 bits per heavy atom. The molecule has 1 aromatic heterocycles. The Morgan fingerprint density at radius 3 is 2.73 bits per heavy atom. The molecule has 0 spiro atoms.